The number of benzene rings is 1. The first-order valence-corrected chi connectivity index (χ1v) is 6.59. The van der Waals surface area contributed by atoms with Gasteiger partial charge in [-0.05, 0) is 24.3 Å². The van der Waals surface area contributed by atoms with E-state index < -0.39 is 6.10 Å². The van der Waals surface area contributed by atoms with Gasteiger partial charge in [0.2, 0.25) is 0 Å². The summed E-state index contributed by atoms with van der Waals surface area (Å²) in [5.41, 5.74) is 0.934. The molecule has 98 valence electrons. The van der Waals surface area contributed by atoms with Crippen LogP contribution in [0.2, 0.25) is 0 Å². The molecule has 1 aromatic rings. The van der Waals surface area contributed by atoms with Crippen molar-refractivity contribution in [3.63, 3.8) is 0 Å². The molecule has 1 aliphatic rings. The number of hydrogen-bond donors (Lipinski definition) is 0. The molecule has 0 saturated carbocycles. The molecule has 2 rings (SSSR count). The summed E-state index contributed by atoms with van der Waals surface area (Å²) in [6, 6.07) is 9.71. The summed E-state index contributed by atoms with van der Waals surface area (Å²) in [5, 5.41) is 0. The average molecular weight is 247 g/mol. The molecule has 1 aromatic carbocycles. The van der Waals surface area contributed by atoms with Crippen LogP contribution in [0.4, 0.5) is 0 Å². The molecule has 1 amide bonds. The molecule has 0 unspecified atom stereocenters. The molecule has 1 aliphatic heterocycles. The molecule has 3 nitrogen and oxygen atoms in total. The molecule has 3 heteroatoms. The van der Waals surface area contributed by atoms with E-state index in [1.807, 2.05) is 35.2 Å². The summed E-state index contributed by atoms with van der Waals surface area (Å²) in [4.78, 5) is 14.4. The minimum atomic E-state index is -0.459. The molecule has 0 aliphatic carbocycles. The predicted octanol–water partition coefficient (Wildman–Crippen LogP) is 2.63. The third kappa shape index (κ3) is 2.91. The summed E-state index contributed by atoms with van der Waals surface area (Å²) >= 11 is 0. The molecular formula is C15H21NO2. The zero-order chi connectivity index (χ0) is 13.0. The van der Waals surface area contributed by atoms with Crippen LogP contribution >= 0.6 is 0 Å². The topological polar surface area (TPSA) is 29.5 Å². The molecule has 1 atom stereocenters. The number of ether oxygens (including phenoxy) is 1. The average Bonchev–Trinajstić information content (AvgIpc) is 2.41. The third-order valence-electron chi connectivity index (χ3n) is 3.66. The van der Waals surface area contributed by atoms with Gasteiger partial charge in [-0.2, -0.15) is 0 Å². The van der Waals surface area contributed by atoms with E-state index in [2.05, 4.69) is 6.92 Å². The van der Waals surface area contributed by atoms with E-state index in [9.17, 15) is 4.79 Å². The van der Waals surface area contributed by atoms with Crippen LogP contribution in [-0.4, -0.2) is 31.0 Å². The number of piperidine rings is 1. The van der Waals surface area contributed by atoms with Crippen molar-refractivity contribution in [2.75, 3.05) is 20.2 Å². The van der Waals surface area contributed by atoms with E-state index in [1.165, 1.54) is 0 Å². The number of nitrogens with zero attached hydrogens (tertiary/aromatic N) is 1. The van der Waals surface area contributed by atoms with Gasteiger partial charge in [0.25, 0.3) is 5.91 Å². The minimum absolute atomic E-state index is 0.0931. The van der Waals surface area contributed by atoms with Gasteiger partial charge in [0.05, 0.1) is 0 Å². The van der Waals surface area contributed by atoms with Crippen LogP contribution in [0.25, 0.3) is 0 Å². The van der Waals surface area contributed by atoms with Gasteiger partial charge in [-0.15, -0.1) is 0 Å². The van der Waals surface area contributed by atoms with Gasteiger partial charge < -0.3 is 9.64 Å². The van der Waals surface area contributed by atoms with Gasteiger partial charge in [0.15, 0.2) is 6.10 Å². The van der Waals surface area contributed by atoms with Crippen LogP contribution in [-0.2, 0) is 9.53 Å². The number of carbonyl (C=O) groups is 1. The number of rotatable bonds is 3. The van der Waals surface area contributed by atoms with Crippen LogP contribution < -0.4 is 0 Å². The van der Waals surface area contributed by atoms with Gasteiger partial charge >= 0.3 is 0 Å². The maximum absolute atomic E-state index is 12.4. The number of carbonyl (C=O) groups excluding carboxylic acids is 1. The lowest BCUT2D eigenvalue weighted by Crippen LogP contribution is -2.41. The summed E-state index contributed by atoms with van der Waals surface area (Å²) in [6.45, 7) is 3.95. The monoisotopic (exact) mass is 247 g/mol. The van der Waals surface area contributed by atoms with E-state index in [-0.39, 0.29) is 5.91 Å². The van der Waals surface area contributed by atoms with Gasteiger partial charge in [-0.25, -0.2) is 0 Å². The SMILES string of the molecule is CO[C@H](C(=O)N1CCC(C)CC1)c1ccccc1. The van der Waals surface area contributed by atoms with Crippen molar-refractivity contribution in [1.82, 2.24) is 4.90 Å². The summed E-state index contributed by atoms with van der Waals surface area (Å²) < 4.78 is 5.39. The van der Waals surface area contributed by atoms with Crippen LogP contribution in [0.3, 0.4) is 0 Å². The second-order valence-corrected chi connectivity index (χ2v) is 5.03. The molecule has 18 heavy (non-hydrogen) atoms. The van der Waals surface area contributed by atoms with Gasteiger partial charge in [-0.1, -0.05) is 37.3 Å². The fraction of sp³-hybridized carbons (Fsp3) is 0.533. The lowest BCUT2D eigenvalue weighted by atomic mass is 9.98. The second kappa shape index (κ2) is 6.01. The molecule has 0 radical (unpaired) electrons. The minimum Gasteiger partial charge on any atom is -0.367 e. The fourth-order valence-electron chi connectivity index (χ4n) is 2.40. The van der Waals surface area contributed by atoms with E-state index in [0.717, 1.165) is 37.4 Å². The van der Waals surface area contributed by atoms with Gasteiger partial charge in [-0.3, -0.25) is 4.79 Å². The highest BCUT2D eigenvalue weighted by molar-refractivity contribution is 5.82. The Morgan fingerprint density at radius 3 is 2.44 bits per heavy atom. The van der Waals surface area contributed by atoms with Gasteiger partial charge in [0.1, 0.15) is 0 Å². The fourth-order valence-corrected chi connectivity index (χ4v) is 2.40. The Kier molecular flexibility index (Phi) is 4.37. The Balaban J connectivity index is 2.06. The number of methoxy groups -OCH3 is 1. The molecule has 1 saturated heterocycles. The van der Waals surface area contributed by atoms with Crippen LogP contribution in [0.1, 0.15) is 31.4 Å². The Morgan fingerprint density at radius 2 is 1.89 bits per heavy atom. The lowest BCUT2D eigenvalue weighted by Gasteiger charge is -2.32. The molecule has 0 bridgehead atoms. The molecule has 0 spiro atoms. The number of amides is 1. The van der Waals surface area contributed by atoms with Crippen molar-refractivity contribution in [3.8, 4) is 0 Å². The maximum atomic E-state index is 12.4. The van der Waals surface area contributed by atoms with Crippen LogP contribution in [0, 0.1) is 5.92 Å². The summed E-state index contributed by atoms with van der Waals surface area (Å²) in [6.07, 6.45) is 1.73. The maximum Gasteiger partial charge on any atom is 0.256 e. The van der Waals surface area contributed by atoms with Crippen LogP contribution in [0.5, 0.6) is 0 Å². The smallest absolute Gasteiger partial charge is 0.256 e. The summed E-state index contributed by atoms with van der Waals surface area (Å²) in [5.74, 6) is 0.822. The zero-order valence-corrected chi connectivity index (χ0v) is 11.1. The first-order valence-electron chi connectivity index (χ1n) is 6.59. The quantitative estimate of drug-likeness (QED) is 0.821. The first-order chi connectivity index (χ1) is 8.72. The molecule has 0 N–H and O–H groups in total. The second-order valence-electron chi connectivity index (χ2n) is 5.03. The van der Waals surface area contributed by atoms with Crippen molar-refractivity contribution in [3.05, 3.63) is 35.9 Å². The van der Waals surface area contributed by atoms with Crippen molar-refractivity contribution < 1.29 is 9.53 Å². The Morgan fingerprint density at radius 1 is 1.28 bits per heavy atom. The summed E-state index contributed by atoms with van der Waals surface area (Å²) in [7, 11) is 1.60. The van der Waals surface area contributed by atoms with Crippen molar-refractivity contribution in [2.45, 2.75) is 25.9 Å². The zero-order valence-electron chi connectivity index (χ0n) is 11.1. The molecular weight excluding hydrogens is 226 g/mol. The Labute approximate surface area is 109 Å². The highest BCUT2D eigenvalue weighted by atomic mass is 16.5. The lowest BCUT2D eigenvalue weighted by molar-refractivity contribution is -0.143. The van der Waals surface area contributed by atoms with Crippen LogP contribution in [0.15, 0.2) is 30.3 Å². The normalized spacial score (nSPS) is 18.7. The number of hydrogen-bond acceptors (Lipinski definition) is 2. The standard InChI is InChI=1S/C15H21NO2/c1-12-8-10-16(11-9-12)15(17)14(18-2)13-6-4-3-5-7-13/h3-7,12,14H,8-11H2,1-2H3/t14-/m0/s1. The molecule has 0 aromatic heterocycles. The van der Waals surface area contributed by atoms with Crippen molar-refractivity contribution in [2.24, 2.45) is 5.92 Å². The Bertz CT molecular complexity index is 383. The first kappa shape index (κ1) is 13.1. The van der Waals surface area contributed by atoms with E-state index in [4.69, 9.17) is 4.74 Å². The predicted molar refractivity (Wildman–Crippen MR) is 71.2 cm³/mol. The number of likely N-dealkylation sites (tertiary alicyclic amines) is 1. The van der Waals surface area contributed by atoms with E-state index in [0.29, 0.717) is 0 Å². The molecule has 1 heterocycles. The Hall–Kier alpha value is -1.35. The highest BCUT2D eigenvalue weighted by Gasteiger charge is 2.27. The van der Waals surface area contributed by atoms with Crippen molar-refractivity contribution >= 4 is 5.91 Å². The van der Waals surface area contributed by atoms with E-state index >= 15 is 0 Å². The highest BCUT2D eigenvalue weighted by Crippen LogP contribution is 2.23. The van der Waals surface area contributed by atoms with Crippen molar-refractivity contribution in [1.29, 1.82) is 0 Å². The van der Waals surface area contributed by atoms with E-state index in [1.54, 1.807) is 7.11 Å². The largest absolute Gasteiger partial charge is 0.367 e. The van der Waals surface area contributed by atoms with Gasteiger partial charge in [0, 0.05) is 20.2 Å². The third-order valence-corrected chi connectivity index (χ3v) is 3.66. The molecule has 1 fully saturated rings.